The number of benzene rings is 1. The van der Waals surface area contributed by atoms with Crippen LogP contribution in [-0.2, 0) is 24.7 Å². The van der Waals surface area contributed by atoms with E-state index in [2.05, 4.69) is 0 Å². The molecule has 0 saturated carbocycles. The Morgan fingerprint density at radius 3 is 2.21 bits per heavy atom. The SMILES string of the molecule is CCOC(=O)CN(C)C(C)C(O)(CC(=O)OCC)c1ccccc1. The van der Waals surface area contributed by atoms with Gasteiger partial charge in [-0.25, -0.2) is 0 Å². The van der Waals surface area contributed by atoms with Crippen molar-refractivity contribution in [2.45, 2.75) is 38.8 Å². The largest absolute Gasteiger partial charge is 0.466 e. The summed E-state index contributed by atoms with van der Waals surface area (Å²) in [5.41, 5.74) is -0.879. The number of esters is 2. The molecule has 134 valence electrons. The van der Waals surface area contributed by atoms with Crippen LogP contribution < -0.4 is 0 Å². The van der Waals surface area contributed by atoms with Gasteiger partial charge in [0.05, 0.1) is 26.2 Å². The monoisotopic (exact) mass is 337 g/mol. The first-order valence-electron chi connectivity index (χ1n) is 8.14. The predicted molar refractivity (Wildman–Crippen MR) is 90.3 cm³/mol. The summed E-state index contributed by atoms with van der Waals surface area (Å²) in [5.74, 6) is -0.862. The zero-order valence-electron chi connectivity index (χ0n) is 14.8. The van der Waals surface area contributed by atoms with Crippen LogP contribution in [0, 0.1) is 0 Å². The van der Waals surface area contributed by atoms with Crippen molar-refractivity contribution in [3.05, 3.63) is 35.9 Å². The number of nitrogens with zero attached hydrogens (tertiary/aromatic N) is 1. The minimum Gasteiger partial charge on any atom is -0.466 e. The first kappa shape index (κ1) is 20.1. The number of hydrogen-bond acceptors (Lipinski definition) is 6. The van der Waals surface area contributed by atoms with Gasteiger partial charge in [0.1, 0.15) is 5.60 Å². The van der Waals surface area contributed by atoms with E-state index in [0.29, 0.717) is 12.2 Å². The summed E-state index contributed by atoms with van der Waals surface area (Å²) in [6.07, 6.45) is -0.195. The van der Waals surface area contributed by atoms with Gasteiger partial charge in [-0.05, 0) is 33.4 Å². The molecular formula is C18H27NO5. The highest BCUT2D eigenvalue weighted by Crippen LogP contribution is 2.32. The Kier molecular flexibility index (Phi) is 7.88. The third-order valence-corrected chi connectivity index (χ3v) is 4.03. The summed E-state index contributed by atoms with van der Waals surface area (Å²) in [6, 6.07) is 8.43. The molecule has 1 rings (SSSR count). The minimum atomic E-state index is -1.48. The van der Waals surface area contributed by atoms with Gasteiger partial charge in [0.25, 0.3) is 0 Å². The van der Waals surface area contributed by atoms with Crippen LogP contribution >= 0.6 is 0 Å². The van der Waals surface area contributed by atoms with Crippen molar-refractivity contribution < 1.29 is 24.2 Å². The van der Waals surface area contributed by atoms with Crippen LogP contribution in [0.5, 0.6) is 0 Å². The lowest BCUT2D eigenvalue weighted by atomic mass is 9.83. The summed E-state index contributed by atoms with van der Waals surface area (Å²) >= 11 is 0. The van der Waals surface area contributed by atoms with Crippen LogP contribution in [0.4, 0.5) is 0 Å². The highest BCUT2D eigenvalue weighted by molar-refractivity contribution is 5.72. The number of hydrogen-bond donors (Lipinski definition) is 1. The fourth-order valence-corrected chi connectivity index (χ4v) is 2.56. The van der Waals surface area contributed by atoms with Crippen LogP contribution in [0.3, 0.4) is 0 Å². The van der Waals surface area contributed by atoms with Crippen molar-refractivity contribution in [3.8, 4) is 0 Å². The van der Waals surface area contributed by atoms with Gasteiger partial charge >= 0.3 is 11.9 Å². The molecule has 1 N–H and O–H groups in total. The molecule has 0 heterocycles. The molecule has 0 saturated heterocycles. The molecule has 0 radical (unpaired) electrons. The molecular weight excluding hydrogens is 310 g/mol. The number of rotatable bonds is 9. The van der Waals surface area contributed by atoms with Crippen LogP contribution in [0.1, 0.15) is 32.8 Å². The van der Waals surface area contributed by atoms with Gasteiger partial charge in [-0.2, -0.15) is 0 Å². The Bertz CT molecular complexity index is 533. The number of aliphatic hydroxyl groups is 1. The maximum absolute atomic E-state index is 12.0. The van der Waals surface area contributed by atoms with E-state index in [1.807, 2.05) is 6.07 Å². The second kappa shape index (κ2) is 9.39. The molecule has 0 aliphatic carbocycles. The van der Waals surface area contributed by atoms with E-state index in [0.717, 1.165) is 0 Å². The van der Waals surface area contributed by atoms with Gasteiger partial charge in [0, 0.05) is 6.04 Å². The van der Waals surface area contributed by atoms with Crippen LogP contribution in [0.2, 0.25) is 0 Å². The molecule has 0 fully saturated rings. The van der Waals surface area contributed by atoms with E-state index in [4.69, 9.17) is 9.47 Å². The molecule has 24 heavy (non-hydrogen) atoms. The quantitative estimate of drug-likeness (QED) is 0.692. The first-order chi connectivity index (χ1) is 11.3. The van der Waals surface area contributed by atoms with Crippen LogP contribution in [0.25, 0.3) is 0 Å². The highest BCUT2D eigenvalue weighted by atomic mass is 16.5. The van der Waals surface area contributed by atoms with E-state index in [1.54, 1.807) is 57.0 Å². The maximum Gasteiger partial charge on any atom is 0.320 e. The molecule has 0 aromatic heterocycles. The Morgan fingerprint density at radius 1 is 1.12 bits per heavy atom. The fraction of sp³-hybridized carbons (Fsp3) is 0.556. The molecule has 0 spiro atoms. The zero-order chi connectivity index (χ0) is 18.2. The van der Waals surface area contributed by atoms with Crippen molar-refractivity contribution in [3.63, 3.8) is 0 Å². The lowest BCUT2D eigenvalue weighted by molar-refractivity contribution is -0.153. The maximum atomic E-state index is 12.0. The topological polar surface area (TPSA) is 76.1 Å². The van der Waals surface area contributed by atoms with Gasteiger partial charge in [-0.3, -0.25) is 14.5 Å². The van der Waals surface area contributed by atoms with Crippen molar-refractivity contribution >= 4 is 11.9 Å². The first-order valence-corrected chi connectivity index (χ1v) is 8.14. The molecule has 6 nitrogen and oxygen atoms in total. The second-order valence-electron chi connectivity index (χ2n) is 5.67. The Morgan fingerprint density at radius 2 is 1.67 bits per heavy atom. The summed E-state index contributed by atoms with van der Waals surface area (Å²) < 4.78 is 9.95. The van der Waals surface area contributed by atoms with E-state index in [9.17, 15) is 14.7 Å². The normalized spacial score (nSPS) is 14.8. The summed E-state index contributed by atoms with van der Waals surface area (Å²) in [4.78, 5) is 25.4. The van der Waals surface area contributed by atoms with Crippen molar-refractivity contribution in [1.82, 2.24) is 4.90 Å². The van der Waals surface area contributed by atoms with Crippen molar-refractivity contribution in [2.75, 3.05) is 26.8 Å². The van der Waals surface area contributed by atoms with Gasteiger partial charge in [-0.15, -0.1) is 0 Å². The smallest absolute Gasteiger partial charge is 0.320 e. The molecule has 1 aromatic rings. The second-order valence-corrected chi connectivity index (χ2v) is 5.67. The third kappa shape index (κ3) is 5.32. The number of likely N-dealkylation sites (N-methyl/N-ethyl adjacent to an activating group) is 1. The van der Waals surface area contributed by atoms with Crippen molar-refractivity contribution in [1.29, 1.82) is 0 Å². The van der Waals surface area contributed by atoms with Gasteiger partial charge < -0.3 is 14.6 Å². The molecule has 2 atom stereocenters. The summed E-state index contributed by atoms with van der Waals surface area (Å²) in [7, 11) is 1.71. The molecule has 0 amide bonds. The summed E-state index contributed by atoms with van der Waals surface area (Å²) in [6.45, 7) is 5.79. The average Bonchev–Trinajstić information content (AvgIpc) is 2.55. The van der Waals surface area contributed by atoms with E-state index < -0.39 is 17.6 Å². The average molecular weight is 337 g/mol. The van der Waals surface area contributed by atoms with Crippen LogP contribution in [-0.4, -0.2) is 54.8 Å². The number of ether oxygens (including phenoxy) is 2. The minimum absolute atomic E-state index is 0.0208. The lowest BCUT2D eigenvalue weighted by Gasteiger charge is -2.38. The number of carbonyl (C=O) groups is 2. The highest BCUT2D eigenvalue weighted by Gasteiger charge is 2.41. The van der Waals surface area contributed by atoms with Crippen LogP contribution in [0.15, 0.2) is 30.3 Å². The Hall–Kier alpha value is -1.92. The molecule has 0 aliphatic rings. The van der Waals surface area contributed by atoms with Gasteiger partial charge in [0.2, 0.25) is 0 Å². The zero-order valence-corrected chi connectivity index (χ0v) is 14.8. The van der Waals surface area contributed by atoms with Gasteiger partial charge in [-0.1, -0.05) is 30.3 Å². The summed E-state index contributed by atoms with van der Waals surface area (Å²) in [5, 5.41) is 11.3. The van der Waals surface area contributed by atoms with E-state index >= 15 is 0 Å². The van der Waals surface area contributed by atoms with Crippen molar-refractivity contribution in [2.24, 2.45) is 0 Å². The predicted octanol–water partition coefficient (Wildman–Crippen LogP) is 1.71. The van der Waals surface area contributed by atoms with E-state index in [1.165, 1.54) is 0 Å². The molecule has 1 aromatic carbocycles. The van der Waals surface area contributed by atoms with Gasteiger partial charge in [0.15, 0.2) is 0 Å². The molecule has 0 aliphatic heterocycles. The molecule has 0 bridgehead atoms. The molecule has 6 heteroatoms. The number of carbonyl (C=O) groups excluding carboxylic acids is 2. The Labute approximate surface area is 143 Å². The standard InChI is InChI=1S/C18H27NO5/c1-5-23-16(20)12-18(22,15-10-8-7-9-11-15)14(3)19(4)13-17(21)24-6-2/h7-11,14,22H,5-6,12-13H2,1-4H3. The Balaban J connectivity index is 3.03. The third-order valence-electron chi connectivity index (χ3n) is 4.03. The lowest BCUT2D eigenvalue weighted by Crippen LogP contribution is -2.50. The van der Waals surface area contributed by atoms with E-state index in [-0.39, 0.29) is 25.5 Å². The fourth-order valence-electron chi connectivity index (χ4n) is 2.56. The molecule has 2 unspecified atom stereocenters.